The van der Waals surface area contributed by atoms with E-state index in [2.05, 4.69) is 18.8 Å². The number of rotatable bonds is 5. The van der Waals surface area contributed by atoms with Crippen LogP contribution in [0.5, 0.6) is 0 Å². The Morgan fingerprint density at radius 3 is 2.80 bits per heavy atom. The van der Waals surface area contributed by atoms with Crippen LogP contribution in [0, 0.1) is 0 Å². The molecule has 1 nitrogen and oxygen atoms in total. The van der Waals surface area contributed by atoms with Gasteiger partial charge in [-0.1, -0.05) is 48.3 Å². The molecule has 1 atom stereocenters. The SMILES string of the molecule is C=CCC(NCC)c1cccc(Cl)c1Cl. The van der Waals surface area contributed by atoms with Crippen molar-refractivity contribution in [3.8, 4) is 0 Å². The van der Waals surface area contributed by atoms with Crippen molar-refractivity contribution in [2.75, 3.05) is 6.54 Å². The van der Waals surface area contributed by atoms with E-state index in [0.717, 1.165) is 18.5 Å². The van der Waals surface area contributed by atoms with Crippen LogP contribution in [0.15, 0.2) is 30.9 Å². The zero-order valence-corrected chi connectivity index (χ0v) is 10.3. The second-order valence-electron chi connectivity index (χ2n) is 3.28. The molecule has 1 unspecified atom stereocenters. The number of nitrogens with one attached hydrogen (secondary N) is 1. The van der Waals surface area contributed by atoms with Crippen molar-refractivity contribution < 1.29 is 0 Å². The van der Waals surface area contributed by atoms with E-state index in [9.17, 15) is 0 Å². The monoisotopic (exact) mass is 243 g/mol. The summed E-state index contributed by atoms with van der Waals surface area (Å²) in [5, 5.41) is 4.58. The Bertz CT molecular complexity index is 336. The molecular weight excluding hydrogens is 229 g/mol. The third kappa shape index (κ3) is 3.23. The quantitative estimate of drug-likeness (QED) is 0.764. The molecule has 1 N–H and O–H groups in total. The number of hydrogen-bond donors (Lipinski definition) is 1. The Balaban J connectivity index is 2.99. The lowest BCUT2D eigenvalue weighted by Gasteiger charge is -2.18. The molecule has 1 aromatic carbocycles. The Morgan fingerprint density at radius 1 is 1.47 bits per heavy atom. The molecule has 0 bridgehead atoms. The molecule has 0 aliphatic carbocycles. The molecule has 1 rings (SSSR count). The average Bonchev–Trinajstić information content (AvgIpc) is 2.22. The molecule has 0 saturated carbocycles. The maximum atomic E-state index is 6.15. The first kappa shape index (κ1) is 12.6. The molecule has 0 aromatic heterocycles. The van der Waals surface area contributed by atoms with Crippen molar-refractivity contribution in [2.24, 2.45) is 0 Å². The van der Waals surface area contributed by atoms with Gasteiger partial charge in [-0.2, -0.15) is 0 Å². The second kappa shape index (κ2) is 6.16. The summed E-state index contributed by atoms with van der Waals surface area (Å²) in [6.07, 6.45) is 2.72. The van der Waals surface area contributed by atoms with E-state index in [1.54, 1.807) is 6.07 Å². The molecule has 0 saturated heterocycles. The van der Waals surface area contributed by atoms with Crippen LogP contribution in [0.3, 0.4) is 0 Å². The highest BCUT2D eigenvalue weighted by Gasteiger charge is 2.13. The summed E-state index contributed by atoms with van der Waals surface area (Å²) < 4.78 is 0. The van der Waals surface area contributed by atoms with Crippen LogP contribution in [0.2, 0.25) is 10.0 Å². The zero-order valence-electron chi connectivity index (χ0n) is 8.76. The lowest BCUT2D eigenvalue weighted by atomic mass is 10.0. The standard InChI is InChI=1S/C12H15Cl2N/c1-3-6-11(15-4-2)9-7-5-8-10(13)12(9)14/h3,5,7-8,11,15H,1,4,6H2,2H3. The predicted octanol–water partition coefficient (Wildman–Crippen LogP) is 4.22. The summed E-state index contributed by atoms with van der Waals surface area (Å²) in [5.41, 5.74) is 1.03. The summed E-state index contributed by atoms with van der Waals surface area (Å²) >= 11 is 12.1. The van der Waals surface area contributed by atoms with Crippen LogP contribution >= 0.6 is 23.2 Å². The Labute approximate surface area is 101 Å². The lowest BCUT2D eigenvalue weighted by Crippen LogP contribution is -2.20. The van der Waals surface area contributed by atoms with Gasteiger partial charge >= 0.3 is 0 Å². The highest BCUT2D eigenvalue weighted by atomic mass is 35.5. The van der Waals surface area contributed by atoms with Gasteiger partial charge in [-0.3, -0.25) is 0 Å². The van der Waals surface area contributed by atoms with Gasteiger partial charge in [0, 0.05) is 6.04 Å². The smallest absolute Gasteiger partial charge is 0.0640 e. The van der Waals surface area contributed by atoms with E-state index < -0.39 is 0 Å². The highest BCUT2D eigenvalue weighted by Crippen LogP contribution is 2.31. The summed E-state index contributed by atoms with van der Waals surface area (Å²) in [6, 6.07) is 5.89. The second-order valence-corrected chi connectivity index (χ2v) is 4.06. The maximum absolute atomic E-state index is 6.15. The molecule has 1 aromatic rings. The average molecular weight is 244 g/mol. The lowest BCUT2D eigenvalue weighted by molar-refractivity contribution is 0.559. The van der Waals surface area contributed by atoms with E-state index in [1.807, 2.05) is 18.2 Å². The Morgan fingerprint density at radius 2 is 2.20 bits per heavy atom. The molecule has 0 aliphatic rings. The van der Waals surface area contributed by atoms with Crippen molar-refractivity contribution >= 4 is 23.2 Å². The molecule has 82 valence electrons. The molecule has 0 amide bonds. The first-order valence-electron chi connectivity index (χ1n) is 4.98. The fraction of sp³-hybridized carbons (Fsp3) is 0.333. The number of hydrogen-bond acceptors (Lipinski definition) is 1. The van der Waals surface area contributed by atoms with Gasteiger partial charge in [-0.15, -0.1) is 6.58 Å². The minimum atomic E-state index is 0.193. The largest absolute Gasteiger partial charge is 0.310 e. The molecule has 3 heteroatoms. The van der Waals surface area contributed by atoms with E-state index in [-0.39, 0.29) is 6.04 Å². The van der Waals surface area contributed by atoms with Gasteiger partial charge in [-0.05, 0) is 24.6 Å². The fourth-order valence-electron chi connectivity index (χ4n) is 1.52. The molecular formula is C12H15Cl2N. The first-order chi connectivity index (χ1) is 7.20. The maximum Gasteiger partial charge on any atom is 0.0640 e. The Kier molecular flexibility index (Phi) is 5.16. The van der Waals surface area contributed by atoms with Crippen LogP contribution in [0.25, 0.3) is 0 Å². The van der Waals surface area contributed by atoms with Gasteiger partial charge in [0.15, 0.2) is 0 Å². The van der Waals surface area contributed by atoms with Gasteiger partial charge in [0.1, 0.15) is 0 Å². The van der Waals surface area contributed by atoms with Crippen molar-refractivity contribution in [1.29, 1.82) is 0 Å². The van der Waals surface area contributed by atoms with E-state index in [1.165, 1.54) is 0 Å². The van der Waals surface area contributed by atoms with Crippen LogP contribution in [-0.2, 0) is 0 Å². The molecule has 15 heavy (non-hydrogen) atoms. The van der Waals surface area contributed by atoms with E-state index in [0.29, 0.717) is 10.0 Å². The molecule has 0 heterocycles. The minimum Gasteiger partial charge on any atom is -0.310 e. The molecule has 0 spiro atoms. The van der Waals surface area contributed by atoms with Gasteiger partial charge in [0.25, 0.3) is 0 Å². The van der Waals surface area contributed by atoms with Crippen LogP contribution in [-0.4, -0.2) is 6.54 Å². The fourth-order valence-corrected chi connectivity index (χ4v) is 1.96. The normalized spacial score (nSPS) is 12.5. The van der Waals surface area contributed by atoms with Crippen LogP contribution in [0.1, 0.15) is 24.9 Å². The van der Waals surface area contributed by atoms with Crippen LogP contribution < -0.4 is 5.32 Å². The zero-order chi connectivity index (χ0) is 11.3. The highest BCUT2D eigenvalue weighted by molar-refractivity contribution is 6.42. The van der Waals surface area contributed by atoms with E-state index in [4.69, 9.17) is 23.2 Å². The molecule has 0 aliphatic heterocycles. The summed E-state index contributed by atoms with van der Waals surface area (Å²) in [7, 11) is 0. The topological polar surface area (TPSA) is 12.0 Å². The predicted molar refractivity (Wildman–Crippen MR) is 67.7 cm³/mol. The summed E-state index contributed by atoms with van der Waals surface area (Å²) in [4.78, 5) is 0. The third-order valence-corrected chi connectivity index (χ3v) is 3.04. The van der Waals surface area contributed by atoms with Crippen molar-refractivity contribution in [3.05, 3.63) is 46.5 Å². The first-order valence-corrected chi connectivity index (χ1v) is 5.74. The third-order valence-electron chi connectivity index (χ3n) is 2.21. The molecule has 0 radical (unpaired) electrons. The minimum absolute atomic E-state index is 0.193. The van der Waals surface area contributed by atoms with Gasteiger partial charge in [-0.25, -0.2) is 0 Å². The van der Waals surface area contributed by atoms with E-state index >= 15 is 0 Å². The van der Waals surface area contributed by atoms with Crippen molar-refractivity contribution in [3.63, 3.8) is 0 Å². The number of benzene rings is 1. The summed E-state index contributed by atoms with van der Waals surface area (Å²) in [5.74, 6) is 0. The summed E-state index contributed by atoms with van der Waals surface area (Å²) in [6.45, 7) is 6.70. The molecule has 0 fully saturated rings. The van der Waals surface area contributed by atoms with Crippen LogP contribution in [0.4, 0.5) is 0 Å². The number of halogens is 2. The Hall–Kier alpha value is -0.500. The van der Waals surface area contributed by atoms with Gasteiger partial charge in [0.05, 0.1) is 10.0 Å². The van der Waals surface area contributed by atoms with Gasteiger partial charge in [0.2, 0.25) is 0 Å². The van der Waals surface area contributed by atoms with Crippen molar-refractivity contribution in [1.82, 2.24) is 5.32 Å². The van der Waals surface area contributed by atoms with Gasteiger partial charge < -0.3 is 5.32 Å². The van der Waals surface area contributed by atoms with Crippen molar-refractivity contribution in [2.45, 2.75) is 19.4 Å².